The summed E-state index contributed by atoms with van der Waals surface area (Å²) in [5.41, 5.74) is 2.46. The normalized spacial score (nSPS) is 10.3. The lowest BCUT2D eigenvalue weighted by molar-refractivity contribution is 0.259. The summed E-state index contributed by atoms with van der Waals surface area (Å²) >= 11 is 0. The van der Waals surface area contributed by atoms with E-state index in [0.29, 0.717) is 0 Å². The number of aliphatic hydroxyl groups excluding tert-OH is 1. The van der Waals surface area contributed by atoms with Crippen LogP contribution < -0.4 is 10.6 Å². The number of rotatable bonds is 5. The quantitative estimate of drug-likeness (QED) is 0.576. The molecule has 0 amide bonds. The summed E-state index contributed by atoms with van der Waals surface area (Å²) in [6.45, 7) is 1.64. The van der Waals surface area contributed by atoms with Gasteiger partial charge in [0.25, 0.3) is 0 Å². The first kappa shape index (κ1) is 10.2. The van der Waals surface area contributed by atoms with Gasteiger partial charge in [-0.15, -0.1) is 0 Å². The van der Waals surface area contributed by atoms with Crippen molar-refractivity contribution in [2.45, 2.75) is 13.1 Å². The Bertz CT molecular complexity index is 233. The molecule has 0 heterocycles. The fourth-order valence-electron chi connectivity index (χ4n) is 1.18. The molecule has 0 aromatic heterocycles. The Morgan fingerprint density at radius 3 is 2.08 bits per heavy atom. The van der Waals surface area contributed by atoms with Crippen LogP contribution in [0.1, 0.15) is 11.1 Å². The van der Waals surface area contributed by atoms with Crippen LogP contribution in [0.5, 0.6) is 0 Å². The Balaban J connectivity index is 2.48. The smallest absolute Gasteiger partial charge is 0.0934 e. The van der Waals surface area contributed by atoms with Crippen LogP contribution in [0, 0.1) is 0 Å². The Morgan fingerprint density at radius 2 is 1.62 bits per heavy atom. The summed E-state index contributed by atoms with van der Waals surface area (Å²) in [5, 5.41) is 14.5. The van der Waals surface area contributed by atoms with Gasteiger partial charge in [-0.25, -0.2) is 0 Å². The molecule has 0 atom stereocenters. The van der Waals surface area contributed by atoms with Crippen LogP contribution in [0.25, 0.3) is 0 Å². The predicted molar refractivity (Wildman–Crippen MR) is 53.1 cm³/mol. The highest BCUT2D eigenvalue weighted by Crippen LogP contribution is 2.03. The maximum atomic E-state index is 8.55. The molecule has 0 aliphatic heterocycles. The van der Waals surface area contributed by atoms with Crippen molar-refractivity contribution in [1.29, 1.82) is 0 Å². The first-order chi connectivity index (χ1) is 6.36. The van der Waals surface area contributed by atoms with Gasteiger partial charge in [0.1, 0.15) is 0 Å². The van der Waals surface area contributed by atoms with Gasteiger partial charge in [0, 0.05) is 13.1 Å². The van der Waals surface area contributed by atoms with Crippen molar-refractivity contribution in [2.75, 3.05) is 13.8 Å². The summed E-state index contributed by atoms with van der Waals surface area (Å²) in [5.74, 6) is 0. The first-order valence-electron chi connectivity index (χ1n) is 4.41. The minimum absolute atomic E-state index is 0.0261. The molecule has 0 fully saturated rings. The predicted octanol–water partition coefficient (Wildman–Crippen LogP) is 0.445. The lowest BCUT2D eigenvalue weighted by Gasteiger charge is -2.03. The first-order valence-corrected chi connectivity index (χ1v) is 4.41. The largest absolute Gasteiger partial charge is 0.381 e. The van der Waals surface area contributed by atoms with Crippen LogP contribution in [0.15, 0.2) is 24.3 Å². The van der Waals surface area contributed by atoms with Gasteiger partial charge in [-0.1, -0.05) is 24.3 Å². The SMILES string of the molecule is CNCc1ccc(CNCO)cc1. The highest BCUT2D eigenvalue weighted by Gasteiger charge is 1.92. The van der Waals surface area contributed by atoms with Gasteiger partial charge in [0.15, 0.2) is 0 Å². The molecule has 0 aliphatic rings. The fraction of sp³-hybridized carbons (Fsp3) is 0.400. The minimum atomic E-state index is 0.0261. The lowest BCUT2D eigenvalue weighted by atomic mass is 10.1. The van der Waals surface area contributed by atoms with E-state index >= 15 is 0 Å². The lowest BCUT2D eigenvalue weighted by Crippen LogP contribution is -2.13. The van der Waals surface area contributed by atoms with E-state index in [1.165, 1.54) is 11.1 Å². The zero-order chi connectivity index (χ0) is 9.52. The van der Waals surface area contributed by atoms with E-state index in [2.05, 4.69) is 34.9 Å². The summed E-state index contributed by atoms with van der Waals surface area (Å²) in [6.07, 6.45) is 0. The number of hydrogen-bond donors (Lipinski definition) is 3. The molecule has 0 saturated heterocycles. The minimum Gasteiger partial charge on any atom is -0.381 e. The monoisotopic (exact) mass is 180 g/mol. The second kappa shape index (κ2) is 5.70. The Labute approximate surface area is 78.8 Å². The average molecular weight is 180 g/mol. The number of hydrogen-bond acceptors (Lipinski definition) is 3. The topological polar surface area (TPSA) is 44.3 Å². The number of aliphatic hydroxyl groups is 1. The third-order valence-corrected chi connectivity index (χ3v) is 1.84. The highest BCUT2D eigenvalue weighted by atomic mass is 16.3. The highest BCUT2D eigenvalue weighted by molar-refractivity contribution is 5.22. The molecule has 3 heteroatoms. The zero-order valence-electron chi connectivity index (χ0n) is 7.88. The molecule has 1 aromatic carbocycles. The molecule has 3 N–H and O–H groups in total. The number of nitrogens with one attached hydrogen (secondary N) is 2. The maximum Gasteiger partial charge on any atom is 0.0934 e. The van der Waals surface area contributed by atoms with Crippen LogP contribution in [0.2, 0.25) is 0 Å². The molecular weight excluding hydrogens is 164 g/mol. The van der Waals surface area contributed by atoms with Gasteiger partial charge in [-0.3, -0.25) is 5.32 Å². The van der Waals surface area contributed by atoms with Gasteiger partial charge >= 0.3 is 0 Å². The van der Waals surface area contributed by atoms with Gasteiger partial charge in [-0.05, 0) is 18.2 Å². The molecule has 3 nitrogen and oxygen atoms in total. The second-order valence-electron chi connectivity index (χ2n) is 2.93. The fourth-order valence-corrected chi connectivity index (χ4v) is 1.18. The molecule has 1 rings (SSSR count). The van der Waals surface area contributed by atoms with Crippen molar-refractivity contribution in [3.63, 3.8) is 0 Å². The molecule has 0 saturated carbocycles. The van der Waals surface area contributed by atoms with E-state index in [4.69, 9.17) is 5.11 Å². The van der Waals surface area contributed by atoms with Crippen LogP contribution in [0.4, 0.5) is 0 Å². The molecule has 13 heavy (non-hydrogen) atoms. The van der Waals surface area contributed by atoms with Crippen molar-refractivity contribution in [3.05, 3.63) is 35.4 Å². The summed E-state index contributed by atoms with van der Waals surface area (Å²) < 4.78 is 0. The van der Waals surface area contributed by atoms with Gasteiger partial charge in [-0.2, -0.15) is 0 Å². The molecular formula is C10H16N2O. The van der Waals surface area contributed by atoms with Crippen LogP contribution in [-0.4, -0.2) is 18.9 Å². The Kier molecular flexibility index (Phi) is 4.46. The van der Waals surface area contributed by atoms with E-state index in [1.807, 2.05) is 7.05 Å². The standard InChI is InChI=1S/C10H16N2O/c1-11-6-9-2-4-10(5-3-9)7-12-8-13/h2-5,11-13H,6-8H2,1H3. The summed E-state index contributed by atoms with van der Waals surface area (Å²) in [6, 6.07) is 8.31. The third-order valence-electron chi connectivity index (χ3n) is 1.84. The van der Waals surface area contributed by atoms with E-state index in [1.54, 1.807) is 0 Å². The van der Waals surface area contributed by atoms with Crippen molar-refractivity contribution in [1.82, 2.24) is 10.6 Å². The van der Waals surface area contributed by atoms with Crippen molar-refractivity contribution >= 4 is 0 Å². The Morgan fingerprint density at radius 1 is 1.08 bits per heavy atom. The zero-order valence-corrected chi connectivity index (χ0v) is 7.88. The molecule has 0 aliphatic carbocycles. The van der Waals surface area contributed by atoms with E-state index in [-0.39, 0.29) is 6.73 Å². The number of benzene rings is 1. The van der Waals surface area contributed by atoms with E-state index < -0.39 is 0 Å². The van der Waals surface area contributed by atoms with Crippen LogP contribution in [-0.2, 0) is 13.1 Å². The van der Waals surface area contributed by atoms with Crippen LogP contribution in [0.3, 0.4) is 0 Å². The van der Waals surface area contributed by atoms with Crippen molar-refractivity contribution < 1.29 is 5.11 Å². The molecule has 1 aromatic rings. The van der Waals surface area contributed by atoms with E-state index in [0.717, 1.165) is 13.1 Å². The molecule has 0 radical (unpaired) electrons. The van der Waals surface area contributed by atoms with Gasteiger partial charge in [0.2, 0.25) is 0 Å². The molecule has 0 bridgehead atoms. The molecule has 0 unspecified atom stereocenters. The second-order valence-corrected chi connectivity index (χ2v) is 2.93. The van der Waals surface area contributed by atoms with E-state index in [9.17, 15) is 0 Å². The Hall–Kier alpha value is -0.900. The summed E-state index contributed by atoms with van der Waals surface area (Å²) in [4.78, 5) is 0. The third kappa shape index (κ3) is 3.55. The summed E-state index contributed by atoms with van der Waals surface area (Å²) in [7, 11) is 1.93. The van der Waals surface area contributed by atoms with Crippen LogP contribution >= 0.6 is 0 Å². The molecule has 0 spiro atoms. The van der Waals surface area contributed by atoms with Gasteiger partial charge in [0.05, 0.1) is 6.73 Å². The molecule has 72 valence electrons. The average Bonchev–Trinajstić information content (AvgIpc) is 2.17. The van der Waals surface area contributed by atoms with Gasteiger partial charge < -0.3 is 10.4 Å². The van der Waals surface area contributed by atoms with Crippen molar-refractivity contribution in [2.24, 2.45) is 0 Å². The van der Waals surface area contributed by atoms with Crippen molar-refractivity contribution in [3.8, 4) is 0 Å². The maximum absolute atomic E-state index is 8.55.